The van der Waals surface area contributed by atoms with Crippen molar-refractivity contribution in [2.75, 3.05) is 11.9 Å². The molecular formula is C27H28N2O3S. The molecule has 0 radical (unpaired) electrons. The van der Waals surface area contributed by atoms with Crippen LogP contribution in [0.15, 0.2) is 66.0 Å². The maximum atomic E-state index is 13.8. The van der Waals surface area contributed by atoms with E-state index < -0.39 is 5.92 Å². The van der Waals surface area contributed by atoms with E-state index in [-0.39, 0.29) is 23.9 Å². The van der Waals surface area contributed by atoms with Gasteiger partial charge < -0.3 is 15.0 Å². The minimum atomic E-state index is -0.482. The maximum absolute atomic E-state index is 13.8. The summed E-state index contributed by atoms with van der Waals surface area (Å²) in [6.45, 7) is 2.54. The van der Waals surface area contributed by atoms with Gasteiger partial charge in [-0.15, -0.1) is 11.3 Å². The summed E-state index contributed by atoms with van der Waals surface area (Å²) in [6.07, 6.45) is 4.22. The molecule has 0 spiro atoms. The van der Waals surface area contributed by atoms with Crippen LogP contribution < -0.4 is 10.1 Å². The first-order valence-electron chi connectivity index (χ1n) is 11.7. The van der Waals surface area contributed by atoms with Crippen molar-refractivity contribution in [3.8, 4) is 5.75 Å². The van der Waals surface area contributed by atoms with Crippen LogP contribution in [0.1, 0.15) is 65.4 Å². The van der Waals surface area contributed by atoms with Gasteiger partial charge in [-0.2, -0.15) is 0 Å². The second kappa shape index (κ2) is 9.40. The van der Waals surface area contributed by atoms with E-state index in [4.69, 9.17) is 4.74 Å². The molecule has 5 rings (SSSR count). The maximum Gasteiger partial charge on any atom is 0.254 e. The predicted octanol–water partition coefficient (Wildman–Crippen LogP) is 6.01. The molecule has 0 bridgehead atoms. The topological polar surface area (TPSA) is 58.6 Å². The van der Waals surface area contributed by atoms with Crippen molar-refractivity contribution in [1.82, 2.24) is 4.90 Å². The summed E-state index contributed by atoms with van der Waals surface area (Å²) in [5.41, 5.74) is 2.16. The number of carbonyl (C=O) groups is 2. The van der Waals surface area contributed by atoms with Crippen LogP contribution in [0.25, 0.3) is 0 Å². The number of hydrogen-bond donors (Lipinski definition) is 1. The Bertz CT molecular complexity index is 1120. The first kappa shape index (κ1) is 21.7. The van der Waals surface area contributed by atoms with Crippen molar-refractivity contribution in [2.24, 2.45) is 0 Å². The fourth-order valence-electron chi connectivity index (χ4n) is 5.20. The molecule has 1 N–H and O–H groups in total. The van der Waals surface area contributed by atoms with Crippen LogP contribution in [-0.2, 0) is 4.79 Å². The normalized spacial score (nSPS) is 20.5. The zero-order valence-corrected chi connectivity index (χ0v) is 19.5. The van der Waals surface area contributed by atoms with E-state index in [1.807, 2.05) is 71.8 Å². The molecule has 1 fully saturated rings. The fraction of sp³-hybridized carbons (Fsp3) is 0.333. The van der Waals surface area contributed by atoms with Gasteiger partial charge >= 0.3 is 0 Å². The average molecular weight is 461 g/mol. The number of carbonyl (C=O) groups excluding carboxylic acids is 2. The van der Waals surface area contributed by atoms with E-state index in [0.29, 0.717) is 12.2 Å². The fourth-order valence-corrected chi connectivity index (χ4v) is 6.06. The van der Waals surface area contributed by atoms with Crippen LogP contribution in [0, 0.1) is 0 Å². The van der Waals surface area contributed by atoms with E-state index in [1.54, 1.807) is 11.3 Å². The third-order valence-corrected chi connectivity index (χ3v) is 7.59. The summed E-state index contributed by atoms with van der Waals surface area (Å²) in [7, 11) is 0. The minimum absolute atomic E-state index is 0.0426. The van der Waals surface area contributed by atoms with Crippen LogP contribution in [0.5, 0.6) is 5.75 Å². The van der Waals surface area contributed by atoms with Gasteiger partial charge in [0.15, 0.2) is 0 Å². The van der Waals surface area contributed by atoms with Gasteiger partial charge in [0.2, 0.25) is 5.91 Å². The van der Waals surface area contributed by atoms with Crippen molar-refractivity contribution in [3.63, 3.8) is 0 Å². The Morgan fingerprint density at radius 1 is 1.06 bits per heavy atom. The number of amides is 2. The van der Waals surface area contributed by atoms with Crippen molar-refractivity contribution in [2.45, 2.75) is 50.6 Å². The second-order valence-corrected chi connectivity index (χ2v) is 9.60. The molecule has 1 saturated carbocycles. The van der Waals surface area contributed by atoms with Crippen molar-refractivity contribution in [3.05, 3.63) is 82.0 Å². The standard InChI is InChI=1S/C27H28N2O3S/c1-2-32-20-15-13-18(14-16-20)28-26(30)24-21-10-5-6-11-22(21)27(31)29(19-8-3-4-9-19)25(24)23-12-7-17-33-23/h5-7,10-17,19,24-25H,2-4,8-9H2,1H3,(H,28,30)/t24-,25-/m1/s1. The number of rotatable bonds is 6. The molecule has 1 aliphatic heterocycles. The molecule has 2 aromatic carbocycles. The second-order valence-electron chi connectivity index (χ2n) is 8.62. The first-order valence-corrected chi connectivity index (χ1v) is 12.5. The number of fused-ring (bicyclic) bond motifs is 1. The molecule has 6 heteroatoms. The Labute approximate surface area is 198 Å². The van der Waals surface area contributed by atoms with Gasteiger partial charge in [-0.1, -0.05) is 37.1 Å². The third-order valence-electron chi connectivity index (χ3n) is 6.64. The van der Waals surface area contributed by atoms with E-state index in [1.165, 1.54) is 0 Å². The van der Waals surface area contributed by atoms with Crippen LogP contribution in [0.2, 0.25) is 0 Å². The Morgan fingerprint density at radius 2 is 1.82 bits per heavy atom. The highest BCUT2D eigenvalue weighted by Gasteiger charge is 2.47. The summed E-state index contributed by atoms with van der Waals surface area (Å²) in [6, 6.07) is 18.9. The number of nitrogens with zero attached hydrogens (tertiary/aromatic N) is 1. The van der Waals surface area contributed by atoms with Crippen molar-refractivity contribution in [1.29, 1.82) is 0 Å². The zero-order chi connectivity index (χ0) is 22.8. The SMILES string of the molecule is CCOc1ccc(NC(=O)[C@@H]2c3ccccc3C(=O)N(C3CCCC3)[C@@H]2c2cccs2)cc1. The first-order chi connectivity index (χ1) is 16.2. The van der Waals surface area contributed by atoms with Crippen LogP contribution in [-0.4, -0.2) is 29.4 Å². The highest BCUT2D eigenvalue weighted by Crippen LogP contribution is 2.47. The molecule has 5 nitrogen and oxygen atoms in total. The zero-order valence-electron chi connectivity index (χ0n) is 18.7. The number of anilines is 1. The molecule has 170 valence electrons. The number of nitrogens with one attached hydrogen (secondary N) is 1. The lowest BCUT2D eigenvalue weighted by Gasteiger charge is -2.44. The van der Waals surface area contributed by atoms with Crippen molar-refractivity contribution < 1.29 is 14.3 Å². The number of hydrogen-bond acceptors (Lipinski definition) is 4. The lowest BCUT2D eigenvalue weighted by atomic mass is 9.80. The molecule has 33 heavy (non-hydrogen) atoms. The average Bonchev–Trinajstić information content (AvgIpc) is 3.55. The van der Waals surface area contributed by atoms with Crippen molar-refractivity contribution >= 4 is 28.8 Å². The molecule has 2 amide bonds. The Balaban J connectivity index is 1.55. The largest absolute Gasteiger partial charge is 0.494 e. The van der Waals surface area contributed by atoms with Crippen LogP contribution >= 0.6 is 11.3 Å². The lowest BCUT2D eigenvalue weighted by Crippen LogP contribution is -2.49. The molecule has 2 heterocycles. The van der Waals surface area contributed by atoms with Gasteiger partial charge in [-0.3, -0.25) is 9.59 Å². The van der Waals surface area contributed by atoms with Gasteiger partial charge in [0, 0.05) is 22.2 Å². The predicted molar refractivity (Wildman–Crippen MR) is 131 cm³/mol. The smallest absolute Gasteiger partial charge is 0.254 e. The molecule has 2 aliphatic rings. The molecule has 0 unspecified atom stereocenters. The Kier molecular flexibility index (Phi) is 6.18. The van der Waals surface area contributed by atoms with Gasteiger partial charge in [-0.25, -0.2) is 0 Å². The van der Waals surface area contributed by atoms with Gasteiger partial charge in [0.25, 0.3) is 5.91 Å². The minimum Gasteiger partial charge on any atom is -0.494 e. The highest BCUT2D eigenvalue weighted by atomic mass is 32.1. The molecule has 0 saturated heterocycles. The molecule has 1 aromatic heterocycles. The lowest BCUT2D eigenvalue weighted by molar-refractivity contribution is -0.119. The van der Waals surface area contributed by atoms with E-state index in [0.717, 1.165) is 47.6 Å². The summed E-state index contributed by atoms with van der Waals surface area (Å²) in [4.78, 5) is 30.6. The Morgan fingerprint density at radius 3 is 2.52 bits per heavy atom. The van der Waals surface area contributed by atoms with E-state index >= 15 is 0 Å². The molecular weight excluding hydrogens is 432 g/mol. The summed E-state index contributed by atoms with van der Waals surface area (Å²) in [5.74, 6) is 0.235. The number of thiophene rings is 1. The molecule has 1 aliphatic carbocycles. The molecule has 2 atom stereocenters. The summed E-state index contributed by atoms with van der Waals surface area (Å²) in [5, 5.41) is 5.13. The number of ether oxygens (including phenoxy) is 1. The van der Waals surface area contributed by atoms with Gasteiger partial charge in [-0.05, 0) is 67.1 Å². The summed E-state index contributed by atoms with van der Waals surface area (Å²) >= 11 is 1.61. The third kappa shape index (κ3) is 4.15. The quantitative estimate of drug-likeness (QED) is 0.490. The highest BCUT2D eigenvalue weighted by molar-refractivity contribution is 7.10. The van der Waals surface area contributed by atoms with Crippen LogP contribution in [0.4, 0.5) is 5.69 Å². The number of benzene rings is 2. The monoisotopic (exact) mass is 460 g/mol. The van der Waals surface area contributed by atoms with Crippen LogP contribution in [0.3, 0.4) is 0 Å². The Hall–Kier alpha value is -3.12. The van der Waals surface area contributed by atoms with Gasteiger partial charge in [0.05, 0.1) is 18.6 Å². The van der Waals surface area contributed by atoms with E-state index in [9.17, 15) is 9.59 Å². The summed E-state index contributed by atoms with van der Waals surface area (Å²) < 4.78 is 5.52. The van der Waals surface area contributed by atoms with E-state index in [2.05, 4.69) is 11.4 Å². The van der Waals surface area contributed by atoms with Gasteiger partial charge in [0.1, 0.15) is 5.75 Å². The molecule has 3 aromatic rings.